The fourth-order valence-electron chi connectivity index (χ4n) is 1.30. The van der Waals surface area contributed by atoms with Gasteiger partial charge in [-0.2, -0.15) is 4.98 Å². The van der Waals surface area contributed by atoms with Crippen molar-refractivity contribution in [3.8, 4) is 11.5 Å². The third-order valence-corrected chi connectivity index (χ3v) is 2.72. The molecule has 17 heavy (non-hydrogen) atoms. The summed E-state index contributed by atoms with van der Waals surface area (Å²) in [7, 11) is 0. The molecule has 1 unspecified atom stereocenters. The molecule has 0 fully saturated rings. The summed E-state index contributed by atoms with van der Waals surface area (Å²) >= 11 is 5.99. The van der Waals surface area contributed by atoms with E-state index in [1.165, 1.54) is 0 Å². The quantitative estimate of drug-likeness (QED) is 0.908. The summed E-state index contributed by atoms with van der Waals surface area (Å²) in [5.41, 5.74) is 6.42. The van der Waals surface area contributed by atoms with E-state index < -0.39 is 0 Å². The van der Waals surface area contributed by atoms with Crippen molar-refractivity contribution in [2.75, 3.05) is 0 Å². The Morgan fingerprint density at radius 1 is 1.41 bits per heavy atom. The van der Waals surface area contributed by atoms with E-state index in [1.807, 2.05) is 13.8 Å². The lowest BCUT2D eigenvalue weighted by Crippen LogP contribution is -2.16. The fraction of sp³-hybridized carbons (Fsp3) is 0.364. The van der Waals surface area contributed by atoms with Crippen molar-refractivity contribution >= 4 is 11.6 Å². The van der Waals surface area contributed by atoms with Crippen molar-refractivity contribution in [3.63, 3.8) is 0 Å². The molecule has 5 nitrogen and oxygen atoms in total. The molecule has 6 heteroatoms. The highest BCUT2D eigenvalue weighted by molar-refractivity contribution is 6.32. The minimum Gasteiger partial charge on any atom is -0.337 e. The van der Waals surface area contributed by atoms with Crippen LogP contribution in [-0.4, -0.2) is 15.1 Å². The van der Waals surface area contributed by atoms with Gasteiger partial charge >= 0.3 is 0 Å². The normalized spacial score (nSPS) is 13.0. The summed E-state index contributed by atoms with van der Waals surface area (Å²) in [5.74, 6) is 0.987. The summed E-state index contributed by atoms with van der Waals surface area (Å²) in [6.45, 7) is 3.98. The van der Waals surface area contributed by atoms with E-state index in [-0.39, 0.29) is 12.0 Å². The molecule has 0 saturated carbocycles. The number of halogens is 1. The molecule has 2 aromatic heterocycles. The largest absolute Gasteiger partial charge is 0.337 e. The van der Waals surface area contributed by atoms with Crippen molar-refractivity contribution in [1.82, 2.24) is 15.1 Å². The molecule has 0 aromatic carbocycles. The molecule has 0 aliphatic heterocycles. The van der Waals surface area contributed by atoms with Crippen LogP contribution in [0.25, 0.3) is 11.5 Å². The summed E-state index contributed by atoms with van der Waals surface area (Å²) in [4.78, 5) is 8.32. The van der Waals surface area contributed by atoms with Gasteiger partial charge in [0.2, 0.25) is 11.7 Å². The molecule has 1 atom stereocenters. The molecule has 0 aliphatic carbocycles. The van der Waals surface area contributed by atoms with Gasteiger partial charge in [0, 0.05) is 6.20 Å². The smallest absolute Gasteiger partial charge is 0.244 e. The van der Waals surface area contributed by atoms with Crippen LogP contribution in [0.2, 0.25) is 5.02 Å². The molecule has 0 spiro atoms. The Labute approximate surface area is 104 Å². The van der Waals surface area contributed by atoms with Crippen molar-refractivity contribution in [3.05, 3.63) is 29.2 Å². The highest BCUT2D eigenvalue weighted by Crippen LogP contribution is 2.24. The van der Waals surface area contributed by atoms with Crippen molar-refractivity contribution in [2.24, 2.45) is 11.7 Å². The second-order valence-corrected chi connectivity index (χ2v) is 4.47. The van der Waals surface area contributed by atoms with Crippen LogP contribution in [0, 0.1) is 5.92 Å². The maximum Gasteiger partial charge on any atom is 0.244 e. The second-order valence-electron chi connectivity index (χ2n) is 4.06. The number of rotatable bonds is 3. The van der Waals surface area contributed by atoms with Crippen molar-refractivity contribution in [1.29, 1.82) is 0 Å². The Morgan fingerprint density at radius 3 is 2.82 bits per heavy atom. The Balaban J connectivity index is 2.34. The van der Waals surface area contributed by atoms with Gasteiger partial charge in [0.05, 0.1) is 11.1 Å². The van der Waals surface area contributed by atoms with E-state index in [1.54, 1.807) is 18.3 Å². The van der Waals surface area contributed by atoms with Gasteiger partial charge < -0.3 is 10.3 Å². The first-order valence-corrected chi connectivity index (χ1v) is 5.67. The Bertz CT molecular complexity index is 512. The molecule has 0 aliphatic rings. The summed E-state index contributed by atoms with van der Waals surface area (Å²) in [5, 5.41) is 4.32. The summed E-state index contributed by atoms with van der Waals surface area (Å²) < 4.78 is 5.11. The molecule has 0 radical (unpaired) electrons. The van der Waals surface area contributed by atoms with Gasteiger partial charge in [0.25, 0.3) is 0 Å². The zero-order chi connectivity index (χ0) is 12.4. The number of hydrogen-bond donors (Lipinski definition) is 1. The number of hydrogen-bond acceptors (Lipinski definition) is 5. The van der Waals surface area contributed by atoms with E-state index in [9.17, 15) is 0 Å². The maximum atomic E-state index is 5.99. The third kappa shape index (κ3) is 2.45. The van der Waals surface area contributed by atoms with Crippen LogP contribution in [-0.2, 0) is 0 Å². The highest BCUT2D eigenvalue weighted by Gasteiger charge is 2.19. The average Bonchev–Trinajstić information content (AvgIpc) is 2.77. The number of aromatic nitrogens is 3. The van der Waals surface area contributed by atoms with E-state index >= 15 is 0 Å². The first-order valence-electron chi connectivity index (χ1n) is 5.29. The molecule has 2 N–H and O–H groups in total. The average molecular weight is 253 g/mol. The minimum absolute atomic E-state index is 0.225. The molecule has 90 valence electrons. The van der Waals surface area contributed by atoms with Gasteiger partial charge in [-0.15, -0.1) is 0 Å². The molecular weight excluding hydrogens is 240 g/mol. The van der Waals surface area contributed by atoms with Crippen LogP contribution in [0.5, 0.6) is 0 Å². The lowest BCUT2D eigenvalue weighted by molar-refractivity contribution is 0.325. The van der Waals surface area contributed by atoms with E-state index in [0.29, 0.717) is 22.4 Å². The summed E-state index contributed by atoms with van der Waals surface area (Å²) in [6.07, 6.45) is 1.62. The monoisotopic (exact) mass is 252 g/mol. The molecule has 0 bridgehead atoms. The van der Waals surface area contributed by atoms with Gasteiger partial charge in [0.15, 0.2) is 0 Å². The van der Waals surface area contributed by atoms with Crippen LogP contribution in [0.15, 0.2) is 22.9 Å². The molecule has 2 aromatic rings. The van der Waals surface area contributed by atoms with Crippen LogP contribution >= 0.6 is 11.6 Å². The van der Waals surface area contributed by atoms with Crippen LogP contribution in [0.4, 0.5) is 0 Å². The zero-order valence-corrected chi connectivity index (χ0v) is 10.3. The lowest BCUT2D eigenvalue weighted by Gasteiger charge is -2.09. The lowest BCUT2D eigenvalue weighted by atomic mass is 10.1. The van der Waals surface area contributed by atoms with Gasteiger partial charge in [-0.25, -0.2) is 0 Å². The van der Waals surface area contributed by atoms with E-state index in [4.69, 9.17) is 21.9 Å². The third-order valence-electron chi connectivity index (χ3n) is 2.42. The van der Waals surface area contributed by atoms with Crippen LogP contribution < -0.4 is 5.73 Å². The fourth-order valence-corrected chi connectivity index (χ4v) is 1.51. The van der Waals surface area contributed by atoms with Gasteiger partial charge in [-0.1, -0.05) is 30.6 Å². The minimum atomic E-state index is -0.279. The molecule has 0 amide bonds. The van der Waals surface area contributed by atoms with Gasteiger partial charge in [-0.05, 0) is 18.1 Å². The van der Waals surface area contributed by atoms with Gasteiger partial charge in [0.1, 0.15) is 5.69 Å². The Hall–Kier alpha value is -1.46. The van der Waals surface area contributed by atoms with Gasteiger partial charge in [-0.3, -0.25) is 4.98 Å². The maximum absolute atomic E-state index is 5.99. The topological polar surface area (TPSA) is 77.8 Å². The first kappa shape index (κ1) is 12.0. The van der Waals surface area contributed by atoms with E-state index in [0.717, 1.165) is 0 Å². The predicted molar refractivity (Wildman–Crippen MR) is 64.3 cm³/mol. The standard InChI is InChI=1S/C11H13ClN4O/c1-6(2)8(13)11-15-10(16-17-11)9-7(12)4-3-5-14-9/h3-6,8H,13H2,1-2H3. The highest BCUT2D eigenvalue weighted by atomic mass is 35.5. The first-order chi connectivity index (χ1) is 8.09. The van der Waals surface area contributed by atoms with Crippen LogP contribution in [0.1, 0.15) is 25.8 Å². The molecular formula is C11H13ClN4O. The Kier molecular flexibility index (Phi) is 3.40. The SMILES string of the molecule is CC(C)C(N)c1nc(-c2ncccc2Cl)no1. The predicted octanol–water partition coefficient (Wildman–Crippen LogP) is 2.44. The number of nitrogens with two attached hydrogens (primary N) is 1. The Morgan fingerprint density at radius 2 is 2.18 bits per heavy atom. The summed E-state index contributed by atoms with van der Waals surface area (Å²) in [6, 6.07) is 3.19. The second kappa shape index (κ2) is 4.81. The number of pyridine rings is 1. The molecule has 2 rings (SSSR count). The zero-order valence-electron chi connectivity index (χ0n) is 9.59. The van der Waals surface area contributed by atoms with Crippen molar-refractivity contribution in [2.45, 2.75) is 19.9 Å². The number of nitrogens with zero attached hydrogens (tertiary/aromatic N) is 3. The molecule has 2 heterocycles. The van der Waals surface area contributed by atoms with E-state index in [2.05, 4.69) is 15.1 Å². The molecule has 0 saturated heterocycles. The van der Waals surface area contributed by atoms with Crippen LogP contribution in [0.3, 0.4) is 0 Å². The van der Waals surface area contributed by atoms with Crippen molar-refractivity contribution < 1.29 is 4.52 Å².